The maximum atomic E-state index is 13.5. The minimum atomic E-state index is -0.571. The maximum Gasteiger partial charge on any atom is 0.270 e. The van der Waals surface area contributed by atoms with Crippen LogP contribution in [0.2, 0.25) is 10.0 Å². The van der Waals surface area contributed by atoms with Crippen LogP contribution < -0.4 is 10.2 Å². The van der Waals surface area contributed by atoms with Gasteiger partial charge in [0.1, 0.15) is 5.57 Å². The van der Waals surface area contributed by atoms with Crippen LogP contribution in [-0.4, -0.2) is 21.5 Å². The lowest BCUT2D eigenvalue weighted by atomic mass is 10.1. The van der Waals surface area contributed by atoms with Crippen molar-refractivity contribution < 1.29 is 9.59 Å². The Morgan fingerprint density at radius 1 is 1.00 bits per heavy atom. The highest BCUT2D eigenvalue weighted by atomic mass is 35.5. The zero-order valence-corrected chi connectivity index (χ0v) is 20.9. The largest absolute Gasteiger partial charge is 0.342 e. The summed E-state index contributed by atoms with van der Waals surface area (Å²) < 4.78 is 2.11. The van der Waals surface area contributed by atoms with Crippen LogP contribution in [0.25, 0.3) is 17.0 Å². The number of amides is 2. The van der Waals surface area contributed by atoms with Crippen molar-refractivity contribution >= 4 is 75.0 Å². The molecule has 0 saturated carbocycles. The fourth-order valence-corrected chi connectivity index (χ4v) is 4.88. The third-order valence-corrected chi connectivity index (χ3v) is 6.92. The second-order valence-corrected chi connectivity index (χ2v) is 9.42. The number of benzene rings is 3. The van der Waals surface area contributed by atoms with Crippen LogP contribution in [0, 0.1) is 6.92 Å². The Morgan fingerprint density at radius 3 is 2.57 bits per heavy atom. The smallest absolute Gasteiger partial charge is 0.270 e. The van der Waals surface area contributed by atoms with Crippen LogP contribution in [0.1, 0.15) is 16.7 Å². The van der Waals surface area contributed by atoms with E-state index in [9.17, 15) is 9.59 Å². The van der Waals surface area contributed by atoms with E-state index in [1.807, 2.05) is 36.5 Å². The lowest BCUT2D eigenvalue weighted by molar-refractivity contribution is -0.122. The third-order valence-electron chi connectivity index (χ3n) is 5.83. The molecule has 3 aromatic carbocycles. The molecule has 35 heavy (non-hydrogen) atoms. The van der Waals surface area contributed by atoms with Gasteiger partial charge in [0, 0.05) is 29.2 Å². The van der Waals surface area contributed by atoms with Gasteiger partial charge in [0.2, 0.25) is 0 Å². The summed E-state index contributed by atoms with van der Waals surface area (Å²) in [6, 6.07) is 21.1. The maximum absolute atomic E-state index is 13.5. The van der Waals surface area contributed by atoms with Gasteiger partial charge in [0.25, 0.3) is 11.8 Å². The number of para-hydroxylation sites is 1. The highest BCUT2D eigenvalue weighted by Gasteiger charge is 2.36. The lowest BCUT2D eigenvalue weighted by Gasteiger charge is -2.29. The summed E-state index contributed by atoms with van der Waals surface area (Å²) in [6.07, 6.45) is 3.55. The van der Waals surface area contributed by atoms with Gasteiger partial charge in [-0.15, -0.1) is 0 Å². The van der Waals surface area contributed by atoms with Gasteiger partial charge < -0.3 is 4.57 Å². The Bertz CT molecular complexity index is 1560. The molecule has 1 aromatic heterocycles. The van der Waals surface area contributed by atoms with Crippen molar-refractivity contribution in [3.05, 3.63) is 105 Å². The van der Waals surface area contributed by atoms with E-state index in [1.165, 1.54) is 10.5 Å². The molecular weight excluding hydrogens is 501 g/mol. The summed E-state index contributed by atoms with van der Waals surface area (Å²) in [7, 11) is 0. The molecule has 1 aliphatic rings. The van der Waals surface area contributed by atoms with Crippen LogP contribution in [0.15, 0.2) is 78.5 Å². The van der Waals surface area contributed by atoms with Gasteiger partial charge >= 0.3 is 0 Å². The van der Waals surface area contributed by atoms with Crippen molar-refractivity contribution in [3.63, 3.8) is 0 Å². The number of carbonyl (C=O) groups excluding carboxylic acids is 2. The minimum absolute atomic E-state index is 0.0481. The first-order chi connectivity index (χ1) is 16.8. The van der Waals surface area contributed by atoms with Crippen molar-refractivity contribution in [3.8, 4) is 0 Å². The third kappa shape index (κ3) is 4.36. The molecule has 2 amide bonds. The number of fused-ring (bicyclic) bond motifs is 1. The van der Waals surface area contributed by atoms with Crippen molar-refractivity contribution in [1.82, 2.24) is 9.88 Å². The average molecular weight is 520 g/mol. The van der Waals surface area contributed by atoms with Gasteiger partial charge in [-0.1, -0.05) is 77.3 Å². The molecule has 0 aliphatic carbocycles. The molecule has 0 atom stereocenters. The predicted octanol–water partition coefficient (Wildman–Crippen LogP) is 6.14. The number of rotatable bonds is 4. The number of nitrogens with one attached hydrogen (secondary N) is 1. The quantitative estimate of drug-likeness (QED) is 0.200. The number of hydrogen-bond donors (Lipinski definition) is 1. The Labute approximate surface area is 217 Å². The summed E-state index contributed by atoms with van der Waals surface area (Å²) in [4.78, 5) is 27.5. The molecule has 8 heteroatoms. The van der Waals surface area contributed by atoms with E-state index in [4.69, 9.17) is 35.4 Å². The van der Waals surface area contributed by atoms with E-state index in [-0.39, 0.29) is 20.7 Å². The van der Waals surface area contributed by atoms with Crippen LogP contribution >= 0.6 is 35.4 Å². The summed E-state index contributed by atoms with van der Waals surface area (Å²) in [5, 5.41) is 3.92. The summed E-state index contributed by atoms with van der Waals surface area (Å²) in [5.74, 6) is -1.14. The molecule has 4 aromatic rings. The predicted molar refractivity (Wildman–Crippen MR) is 145 cm³/mol. The normalized spacial score (nSPS) is 15.2. The highest BCUT2D eigenvalue weighted by molar-refractivity contribution is 7.80. The van der Waals surface area contributed by atoms with Gasteiger partial charge in [-0.3, -0.25) is 19.8 Å². The monoisotopic (exact) mass is 519 g/mol. The molecule has 0 radical (unpaired) electrons. The van der Waals surface area contributed by atoms with Crippen molar-refractivity contribution in [2.24, 2.45) is 0 Å². The summed E-state index contributed by atoms with van der Waals surface area (Å²) in [5.41, 5.74) is 4.34. The summed E-state index contributed by atoms with van der Waals surface area (Å²) in [6.45, 7) is 2.71. The average Bonchev–Trinajstić information content (AvgIpc) is 3.16. The van der Waals surface area contributed by atoms with E-state index in [0.29, 0.717) is 12.2 Å². The van der Waals surface area contributed by atoms with E-state index in [1.54, 1.807) is 24.3 Å². The van der Waals surface area contributed by atoms with Gasteiger partial charge in [0.05, 0.1) is 15.7 Å². The molecule has 174 valence electrons. The number of hydrogen-bond acceptors (Lipinski definition) is 3. The fourth-order valence-electron chi connectivity index (χ4n) is 4.23. The molecular formula is C27H19Cl2N3O2S. The minimum Gasteiger partial charge on any atom is -0.342 e. The van der Waals surface area contributed by atoms with Gasteiger partial charge in [-0.05, 0) is 49.0 Å². The molecule has 1 saturated heterocycles. The van der Waals surface area contributed by atoms with Gasteiger partial charge in [-0.25, -0.2) is 0 Å². The van der Waals surface area contributed by atoms with Crippen LogP contribution in [0.3, 0.4) is 0 Å². The Hall–Kier alpha value is -3.45. The number of halogens is 2. The molecule has 1 N–H and O–H groups in total. The second kappa shape index (κ2) is 9.30. The van der Waals surface area contributed by atoms with E-state index < -0.39 is 11.8 Å². The first-order valence-electron chi connectivity index (χ1n) is 10.8. The molecule has 0 spiro atoms. The van der Waals surface area contributed by atoms with E-state index in [0.717, 1.165) is 22.0 Å². The Morgan fingerprint density at radius 2 is 1.77 bits per heavy atom. The van der Waals surface area contributed by atoms with Gasteiger partial charge in [-0.2, -0.15) is 0 Å². The Kier molecular flexibility index (Phi) is 6.19. The Balaban J connectivity index is 1.59. The summed E-state index contributed by atoms with van der Waals surface area (Å²) >= 11 is 17.8. The molecule has 0 unspecified atom stereocenters. The lowest BCUT2D eigenvalue weighted by Crippen LogP contribution is -2.54. The first-order valence-corrected chi connectivity index (χ1v) is 12.0. The van der Waals surface area contributed by atoms with E-state index in [2.05, 4.69) is 35.0 Å². The zero-order valence-electron chi connectivity index (χ0n) is 18.6. The molecule has 1 fully saturated rings. The molecule has 2 heterocycles. The number of aryl methyl sites for hydroxylation is 1. The SMILES string of the molecule is Cc1cccc(Cn2cc(/C=C3\C(=O)NC(=S)N(c4cccc(Cl)c4Cl)C3=O)c3ccccc32)c1. The van der Waals surface area contributed by atoms with Crippen molar-refractivity contribution in [1.29, 1.82) is 0 Å². The molecule has 5 nitrogen and oxygen atoms in total. The van der Waals surface area contributed by atoms with Gasteiger partial charge in [0.15, 0.2) is 5.11 Å². The van der Waals surface area contributed by atoms with Crippen LogP contribution in [-0.2, 0) is 16.1 Å². The van der Waals surface area contributed by atoms with Crippen LogP contribution in [0.5, 0.6) is 0 Å². The second-order valence-electron chi connectivity index (χ2n) is 8.25. The number of aromatic nitrogens is 1. The molecule has 0 bridgehead atoms. The number of thiocarbonyl (C=S) groups is 1. The highest BCUT2D eigenvalue weighted by Crippen LogP contribution is 2.35. The molecule has 5 rings (SSSR count). The number of nitrogens with zero attached hydrogens (tertiary/aromatic N) is 2. The molecule has 1 aliphatic heterocycles. The van der Waals surface area contributed by atoms with Crippen molar-refractivity contribution in [2.75, 3.05) is 4.90 Å². The van der Waals surface area contributed by atoms with E-state index >= 15 is 0 Å². The van der Waals surface area contributed by atoms with Crippen molar-refractivity contribution in [2.45, 2.75) is 13.5 Å². The standard InChI is InChI=1S/C27H19Cl2N3O2S/c1-16-6-4-7-17(12-16)14-31-15-18(19-8-2-3-10-22(19)31)13-20-25(33)30-27(35)32(26(20)34)23-11-5-9-21(28)24(23)29/h2-13,15H,14H2,1H3,(H,30,33,35)/b20-13+. The fraction of sp³-hybridized carbons (Fsp3) is 0.0741. The van der Waals surface area contributed by atoms with Crippen LogP contribution in [0.4, 0.5) is 5.69 Å². The first kappa shape index (κ1) is 23.3. The number of anilines is 1. The number of carbonyl (C=O) groups is 2. The zero-order chi connectivity index (χ0) is 24.7. The topological polar surface area (TPSA) is 54.3 Å².